The molecule has 0 fully saturated rings. The summed E-state index contributed by atoms with van der Waals surface area (Å²) in [6.07, 6.45) is 92.6. The van der Waals surface area contributed by atoms with Gasteiger partial charge in [-0.15, -0.1) is 0 Å². The van der Waals surface area contributed by atoms with Crippen molar-refractivity contribution in [3.63, 3.8) is 0 Å². The van der Waals surface area contributed by atoms with E-state index < -0.39 is 24.3 Å². The van der Waals surface area contributed by atoms with Crippen LogP contribution in [0.15, 0.2) is 85.1 Å². The minimum atomic E-state index is -1.63. The molecule has 0 spiro atoms. The first-order valence-corrected chi connectivity index (χ1v) is 37.7. The second-order valence-electron chi connectivity index (χ2n) is 26.6. The fourth-order valence-electron chi connectivity index (χ4n) is 10.9. The Balaban J connectivity index is 4.02. The summed E-state index contributed by atoms with van der Waals surface area (Å²) < 4.78 is 22.8. The van der Waals surface area contributed by atoms with Gasteiger partial charge in [-0.3, -0.25) is 9.59 Å². The molecular formula is C80H143NO8. The molecule has 9 heteroatoms. The number of rotatable bonds is 70. The van der Waals surface area contributed by atoms with Gasteiger partial charge in [0, 0.05) is 12.8 Å². The first-order chi connectivity index (χ1) is 43.6. The van der Waals surface area contributed by atoms with Crippen LogP contribution in [0.5, 0.6) is 0 Å². The van der Waals surface area contributed by atoms with Crippen molar-refractivity contribution in [1.82, 2.24) is 0 Å². The molecule has 0 radical (unpaired) electrons. The van der Waals surface area contributed by atoms with Gasteiger partial charge in [0.1, 0.15) is 13.2 Å². The van der Waals surface area contributed by atoms with Gasteiger partial charge in [0.15, 0.2) is 12.4 Å². The van der Waals surface area contributed by atoms with Crippen molar-refractivity contribution in [2.75, 3.05) is 47.5 Å². The second kappa shape index (κ2) is 70.3. The number of allylic oxidation sites excluding steroid dienone is 14. The number of esters is 2. The third kappa shape index (κ3) is 71.8. The fraction of sp³-hybridized carbons (Fsp3) is 0.787. The molecule has 0 saturated carbocycles. The molecule has 0 saturated heterocycles. The molecule has 2 unspecified atom stereocenters. The van der Waals surface area contributed by atoms with Crippen LogP contribution < -0.4 is 5.11 Å². The average molecular weight is 1250 g/mol. The van der Waals surface area contributed by atoms with E-state index in [1.54, 1.807) is 0 Å². The lowest BCUT2D eigenvalue weighted by Gasteiger charge is -2.26. The Bertz CT molecular complexity index is 1740. The molecule has 0 aromatic carbocycles. The number of carboxylic acids is 1. The van der Waals surface area contributed by atoms with Gasteiger partial charge < -0.3 is 33.3 Å². The number of quaternary nitrogens is 1. The summed E-state index contributed by atoms with van der Waals surface area (Å²) in [7, 11) is 5.94. The van der Waals surface area contributed by atoms with Crippen molar-refractivity contribution in [3.05, 3.63) is 85.1 Å². The lowest BCUT2D eigenvalue weighted by atomic mass is 10.0. The van der Waals surface area contributed by atoms with Crippen LogP contribution in [0, 0.1) is 0 Å². The summed E-state index contributed by atoms with van der Waals surface area (Å²) in [5.74, 6) is -2.27. The third-order valence-corrected chi connectivity index (χ3v) is 16.6. The fourth-order valence-corrected chi connectivity index (χ4v) is 10.9. The Kier molecular flexibility index (Phi) is 67.6. The van der Waals surface area contributed by atoms with E-state index in [0.717, 1.165) is 83.5 Å². The maximum atomic E-state index is 12.9. The predicted molar refractivity (Wildman–Crippen MR) is 380 cm³/mol. The standard InChI is InChI=1S/C80H143NO8/c1-6-8-10-12-14-16-18-20-22-24-26-28-30-32-34-35-36-37-38-39-40-41-42-43-45-46-48-50-52-54-56-58-60-62-64-66-68-70-77(82)87-74-76(75-88-80(79(84)85)86-73-72-81(3,4)5)89-78(83)71-69-67-65-63-61-59-57-55-53-51-49-47-44-33-31-29-27-25-23-21-19-17-15-13-11-9-7-2/h9,11,15,17-18,20-21,23-24,26-27,29,33,44,76,80H,6-8,10,12-14,16,19,22,25,28,30-32,34-43,45-75H2,1-5H3/b11-9-,17-15-,20-18-,23-21-,26-24-,29-27-,44-33-. The largest absolute Gasteiger partial charge is 0.545 e. The molecule has 0 aliphatic heterocycles. The van der Waals surface area contributed by atoms with Gasteiger partial charge in [0.2, 0.25) is 0 Å². The molecule has 0 aliphatic carbocycles. The van der Waals surface area contributed by atoms with Gasteiger partial charge in [0.05, 0.1) is 40.3 Å². The molecule has 9 nitrogen and oxygen atoms in total. The summed E-state index contributed by atoms with van der Waals surface area (Å²) in [5, 5.41) is 11.8. The van der Waals surface area contributed by atoms with Crippen molar-refractivity contribution < 1.29 is 42.9 Å². The molecule has 2 atom stereocenters. The molecule has 516 valence electrons. The topological polar surface area (TPSA) is 111 Å². The van der Waals surface area contributed by atoms with Crippen LogP contribution in [0.2, 0.25) is 0 Å². The summed E-state index contributed by atoms with van der Waals surface area (Å²) in [4.78, 5) is 37.5. The molecule has 0 aliphatic rings. The van der Waals surface area contributed by atoms with E-state index in [1.165, 1.54) is 231 Å². The molecule has 0 N–H and O–H groups in total. The molecule has 0 amide bonds. The summed E-state index contributed by atoms with van der Waals surface area (Å²) in [6, 6.07) is 0. The molecule has 0 bridgehead atoms. The van der Waals surface area contributed by atoms with Crippen molar-refractivity contribution in [2.24, 2.45) is 0 Å². The number of carbonyl (C=O) groups is 3. The van der Waals surface area contributed by atoms with Crippen LogP contribution in [0.1, 0.15) is 348 Å². The van der Waals surface area contributed by atoms with E-state index in [1.807, 2.05) is 21.1 Å². The second-order valence-corrected chi connectivity index (χ2v) is 26.6. The van der Waals surface area contributed by atoms with Gasteiger partial charge in [-0.25, -0.2) is 0 Å². The smallest absolute Gasteiger partial charge is 0.306 e. The number of nitrogens with zero attached hydrogens (tertiary/aromatic N) is 1. The Morgan fingerprint density at radius 1 is 0.348 bits per heavy atom. The quantitative estimate of drug-likeness (QED) is 0.0195. The van der Waals surface area contributed by atoms with Crippen LogP contribution in [0.3, 0.4) is 0 Å². The summed E-state index contributed by atoms with van der Waals surface area (Å²) >= 11 is 0. The number of unbranched alkanes of at least 4 members (excludes halogenated alkanes) is 41. The molecule has 0 aromatic heterocycles. The van der Waals surface area contributed by atoms with E-state index in [4.69, 9.17) is 18.9 Å². The molecule has 0 aromatic rings. The van der Waals surface area contributed by atoms with E-state index >= 15 is 0 Å². The van der Waals surface area contributed by atoms with Gasteiger partial charge in [-0.05, 0) is 89.9 Å². The maximum absolute atomic E-state index is 12.9. The Morgan fingerprint density at radius 3 is 0.955 bits per heavy atom. The monoisotopic (exact) mass is 1250 g/mol. The third-order valence-electron chi connectivity index (χ3n) is 16.6. The zero-order valence-electron chi connectivity index (χ0n) is 59.0. The van der Waals surface area contributed by atoms with E-state index in [2.05, 4.69) is 98.9 Å². The van der Waals surface area contributed by atoms with E-state index in [0.29, 0.717) is 23.9 Å². The predicted octanol–water partition coefficient (Wildman–Crippen LogP) is 22.5. The highest BCUT2D eigenvalue weighted by molar-refractivity contribution is 5.70. The van der Waals surface area contributed by atoms with Gasteiger partial charge in [-0.2, -0.15) is 0 Å². The number of likely N-dealkylation sites (N-methyl/N-ethyl adjacent to an activating group) is 1. The highest BCUT2D eigenvalue weighted by Gasteiger charge is 2.22. The number of carboxylic acid groups (broad SMARTS) is 1. The van der Waals surface area contributed by atoms with Crippen LogP contribution >= 0.6 is 0 Å². The van der Waals surface area contributed by atoms with Crippen molar-refractivity contribution >= 4 is 17.9 Å². The molecule has 0 rings (SSSR count). The number of hydrogen-bond acceptors (Lipinski definition) is 8. The zero-order valence-corrected chi connectivity index (χ0v) is 59.0. The zero-order chi connectivity index (χ0) is 64.7. The van der Waals surface area contributed by atoms with Gasteiger partial charge in [0.25, 0.3) is 0 Å². The highest BCUT2D eigenvalue weighted by atomic mass is 16.7. The lowest BCUT2D eigenvalue weighted by molar-refractivity contribution is -0.870. The Hall–Kier alpha value is -3.53. The normalized spacial score (nSPS) is 13.1. The minimum absolute atomic E-state index is 0.146. The Morgan fingerprint density at radius 2 is 0.640 bits per heavy atom. The Labute approximate surface area is 550 Å². The minimum Gasteiger partial charge on any atom is -0.545 e. The van der Waals surface area contributed by atoms with Crippen molar-refractivity contribution in [3.8, 4) is 0 Å². The van der Waals surface area contributed by atoms with E-state index in [9.17, 15) is 19.5 Å². The SMILES string of the molecule is CC/C=C\C/C=C\C/C=C\C/C=C\C/C=C\CCCCCCCCCCCCCC(=O)OC(COC(=O)CCCCCCCCCCCCCCCCCCCCCCCCCCC/C=C\C/C=C\CCCCCCC)COC(OCC[N+](C)(C)C)C(=O)[O-]. The van der Waals surface area contributed by atoms with Crippen LogP contribution in [-0.2, 0) is 33.3 Å². The maximum Gasteiger partial charge on any atom is 0.306 e. The number of carbonyl (C=O) groups excluding carboxylic acids is 3. The number of ether oxygens (including phenoxy) is 4. The van der Waals surface area contributed by atoms with Gasteiger partial charge in [-0.1, -0.05) is 330 Å². The van der Waals surface area contributed by atoms with Crippen molar-refractivity contribution in [2.45, 2.75) is 360 Å². The molecule has 89 heavy (non-hydrogen) atoms. The van der Waals surface area contributed by atoms with Crippen molar-refractivity contribution in [1.29, 1.82) is 0 Å². The average Bonchev–Trinajstić information content (AvgIpc) is 3.64. The van der Waals surface area contributed by atoms with Crippen LogP contribution in [0.25, 0.3) is 0 Å². The van der Waals surface area contributed by atoms with Gasteiger partial charge >= 0.3 is 11.9 Å². The number of aliphatic carboxylic acids is 1. The lowest BCUT2D eigenvalue weighted by Crippen LogP contribution is -2.44. The molecular weight excluding hydrogens is 1100 g/mol. The first kappa shape index (κ1) is 85.5. The first-order valence-electron chi connectivity index (χ1n) is 37.7. The summed E-state index contributed by atoms with van der Waals surface area (Å²) in [5.41, 5.74) is 0. The molecule has 0 heterocycles. The van der Waals surface area contributed by atoms with Crippen LogP contribution in [-0.4, -0.2) is 82.3 Å². The van der Waals surface area contributed by atoms with Crippen LogP contribution in [0.4, 0.5) is 0 Å². The highest BCUT2D eigenvalue weighted by Crippen LogP contribution is 2.19. The number of hydrogen-bond donors (Lipinski definition) is 0. The summed E-state index contributed by atoms with van der Waals surface area (Å²) in [6.45, 7) is 4.66. The van der Waals surface area contributed by atoms with E-state index in [-0.39, 0.29) is 32.2 Å².